The van der Waals surface area contributed by atoms with Gasteiger partial charge in [0.05, 0.1) is 23.3 Å². The highest BCUT2D eigenvalue weighted by Crippen LogP contribution is 2.40. The number of fused-ring (bicyclic) bond motifs is 1. The maximum Gasteiger partial charge on any atom is 0.404 e. The number of carboxylic acid groups (broad SMARTS) is 1. The van der Waals surface area contributed by atoms with Gasteiger partial charge in [0.2, 0.25) is 0 Å². The molecule has 6 rings (SSSR count). The van der Waals surface area contributed by atoms with Gasteiger partial charge in [-0.2, -0.15) is 0 Å². The summed E-state index contributed by atoms with van der Waals surface area (Å²) in [5.41, 5.74) is 4.74. The van der Waals surface area contributed by atoms with Crippen molar-refractivity contribution >= 4 is 34.4 Å². The van der Waals surface area contributed by atoms with E-state index in [1.807, 2.05) is 30.5 Å². The van der Waals surface area contributed by atoms with Crippen LogP contribution < -0.4 is 5.32 Å². The number of benzene rings is 1. The zero-order chi connectivity index (χ0) is 23.4. The lowest BCUT2D eigenvalue weighted by atomic mass is 9.79. The molecule has 34 heavy (non-hydrogen) atoms. The molecule has 3 N–H and O–H groups in total. The Kier molecular flexibility index (Phi) is 4.91. The van der Waals surface area contributed by atoms with Gasteiger partial charge >= 0.3 is 6.09 Å². The van der Waals surface area contributed by atoms with E-state index < -0.39 is 18.1 Å². The normalized spacial score (nSPS) is 21.8. The first-order chi connectivity index (χ1) is 16.5. The molecule has 9 heteroatoms. The molecule has 1 aliphatic heterocycles. The predicted molar refractivity (Wildman–Crippen MR) is 127 cm³/mol. The van der Waals surface area contributed by atoms with Crippen LogP contribution >= 0.6 is 11.6 Å². The Morgan fingerprint density at radius 3 is 2.97 bits per heavy atom. The molecule has 0 fully saturated rings. The lowest BCUT2D eigenvalue weighted by molar-refractivity contribution is -0.121. The average Bonchev–Trinajstić information content (AvgIpc) is 3.42. The molecule has 1 aliphatic carbocycles. The molecule has 3 atom stereocenters. The lowest BCUT2D eigenvalue weighted by Gasteiger charge is -2.31. The molecule has 1 unspecified atom stereocenters. The number of halogens is 1. The van der Waals surface area contributed by atoms with Crippen molar-refractivity contribution in [1.82, 2.24) is 24.8 Å². The van der Waals surface area contributed by atoms with E-state index in [9.17, 15) is 14.7 Å². The minimum Gasteiger partial charge on any atom is -0.465 e. The van der Waals surface area contributed by atoms with Crippen molar-refractivity contribution in [2.24, 2.45) is 0 Å². The number of H-pyrrole nitrogens is 1. The third kappa shape index (κ3) is 3.54. The van der Waals surface area contributed by atoms with Gasteiger partial charge in [-0.3, -0.25) is 4.79 Å². The first-order valence-electron chi connectivity index (χ1n) is 11.3. The summed E-state index contributed by atoms with van der Waals surface area (Å²) >= 11 is 6.00. The van der Waals surface area contributed by atoms with Gasteiger partial charge in [-0.05, 0) is 48.7 Å². The Bertz CT molecular complexity index is 1440. The van der Waals surface area contributed by atoms with E-state index in [0.717, 1.165) is 45.7 Å². The molecule has 1 amide bonds. The van der Waals surface area contributed by atoms with Crippen molar-refractivity contribution in [2.45, 2.75) is 43.7 Å². The number of rotatable bonds is 3. The van der Waals surface area contributed by atoms with Gasteiger partial charge < -0.3 is 20.0 Å². The van der Waals surface area contributed by atoms with Gasteiger partial charge in [-0.25, -0.2) is 14.8 Å². The fourth-order valence-electron chi connectivity index (χ4n) is 5.45. The van der Waals surface area contributed by atoms with Crippen molar-refractivity contribution in [3.05, 3.63) is 71.0 Å². The largest absolute Gasteiger partial charge is 0.465 e. The number of aryl methyl sites for hydroxylation is 1. The Balaban J connectivity index is 1.32. The molecule has 8 nitrogen and oxygen atoms in total. The highest BCUT2D eigenvalue weighted by atomic mass is 35.5. The maximum absolute atomic E-state index is 13.4. The fourth-order valence-corrected chi connectivity index (χ4v) is 5.61. The summed E-state index contributed by atoms with van der Waals surface area (Å²) in [5, 5.41) is 13.3. The molecule has 0 spiro atoms. The van der Waals surface area contributed by atoms with Crippen LogP contribution in [0.3, 0.4) is 0 Å². The minimum absolute atomic E-state index is 0.0498. The topological polar surface area (TPSA) is 113 Å². The standard InChI is InChI=1S/C25H22ClN5O3/c26-21-6-3-14-9-15(2-4-17(14)28-21)19-11-27-24(29-19)16-10-20(32)22-18(30-25(33)34)5-1-13-7-8-31(12-16)23(13)22/h2-4,6-9,11,16,18,22,30H,1,5,10,12H2,(H,27,29)(H,33,34)/t16-,18-,22?/m0/s1. The zero-order valence-corrected chi connectivity index (χ0v) is 18.9. The number of Topliss-reactive ketones (excluding diaryl/α,β-unsaturated/α-hetero) is 1. The third-order valence-corrected chi connectivity index (χ3v) is 7.20. The summed E-state index contributed by atoms with van der Waals surface area (Å²) in [6.45, 7) is 0.616. The van der Waals surface area contributed by atoms with Gasteiger partial charge in [0.15, 0.2) is 0 Å². The van der Waals surface area contributed by atoms with Gasteiger partial charge in [-0.15, -0.1) is 0 Å². The van der Waals surface area contributed by atoms with Crippen LogP contribution in [0, 0.1) is 0 Å². The third-order valence-electron chi connectivity index (χ3n) is 6.98. The van der Waals surface area contributed by atoms with E-state index in [-0.39, 0.29) is 11.7 Å². The molecule has 0 saturated heterocycles. The van der Waals surface area contributed by atoms with Crippen molar-refractivity contribution in [3.63, 3.8) is 0 Å². The maximum atomic E-state index is 13.4. The van der Waals surface area contributed by atoms with E-state index in [1.54, 1.807) is 12.3 Å². The molecular weight excluding hydrogens is 454 g/mol. The average molecular weight is 476 g/mol. The van der Waals surface area contributed by atoms with Gasteiger partial charge in [0, 0.05) is 47.8 Å². The van der Waals surface area contributed by atoms with Crippen LogP contribution in [0.5, 0.6) is 0 Å². The number of carbonyl (C=O) groups is 2. The molecule has 1 aromatic carbocycles. The lowest BCUT2D eigenvalue weighted by Crippen LogP contribution is -2.44. The summed E-state index contributed by atoms with van der Waals surface area (Å²) < 4.78 is 2.11. The quantitative estimate of drug-likeness (QED) is 0.377. The Morgan fingerprint density at radius 1 is 1.24 bits per heavy atom. The van der Waals surface area contributed by atoms with Crippen molar-refractivity contribution in [1.29, 1.82) is 0 Å². The summed E-state index contributed by atoms with van der Waals surface area (Å²) in [6.07, 6.45) is 4.39. The second-order valence-corrected chi connectivity index (χ2v) is 9.43. The number of ketones is 1. The summed E-state index contributed by atoms with van der Waals surface area (Å²) in [6, 6.07) is 11.3. The Labute approximate surface area is 200 Å². The molecule has 3 aromatic heterocycles. The Hall–Kier alpha value is -3.65. The number of nitrogens with one attached hydrogen (secondary N) is 2. The fraction of sp³-hybridized carbons (Fsp3) is 0.280. The van der Waals surface area contributed by atoms with E-state index in [0.29, 0.717) is 24.5 Å². The van der Waals surface area contributed by atoms with Crippen molar-refractivity contribution in [2.75, 3.05) is 0 Å². The Morgan fingerprint density at radius 2 is 2.12 bits per heavy atom. The number of hydrogen-bond donors (Lipinski definition) is 3. The number of aromatic amines is 1. The summed E-state index contributed by atoms with van der Waals surface area (Å²) in [5.74, 6) is 0.208. The van der Waals surface area contributed by atoms with E-state index in [4.69, 9.17) is 11.6 Å². The van der Waals surface area contributed by atoms with Crippen LogP contribution in [0.2, 0.25) is 5.15 Å². The summed E-state index contributed by atoms with van der Waals surface area (Å²) in [4.78, 5) is 37.1. The van der Waals surface area contributed by atoms with Gasteiger partial charge in [0.25, 0.3) is 0 Å². The second kappa shape index (κ2) is 7.99. The van der Waals surface area contributed by atoms with E-state index in [2.05, 4.69) is 30.9 Å². The number of carbonyl (C=O) groups excluding carboxylic acids is 1. The SMILES string of the molecule is O=C(O)N[C@H]1CCc2ccn3c2C1C(=O)C[C@H](c1ncc(-c2ccc4nc(Cl)ccc4c2)[nH]1)C3. The van der Waals surface area contributed by atoms with Crippen LogP contribution in [0.4, 0.5) is 4.79 Å². The second-order valence-electron chi connectivity index (χ2n) is 9.04. The van der Waals surface area contributed by atoms with Crippen molar-refractivity contribution in [3.8, 4) is 11.3 Å². The number of aromatic nitrogens is 4. The van der Waals surface area contributed by atoms with Gasteiger partial charge in [-0.1, -0.05) is 17.7 Å². The molecule has 2 aliphatic rings. The molecule has 4 heterocycles. The van der Waals surface area contributed by atoms with Crippen LogP contribution in [0.15, 0.2) is 48.8 Å². The number of amides is 1. The van der Waals surface area contributed by atoms with Gasteiger partial charge in [0.1, 0.15) is 16.8 Å². The number of pyridine rings is 1. The van der Waals surface area contributed by atoms with Crippen LogP contribution in [-0.2, 0) is 17.8 Å². The molecule has 172 valence electrons. The van der Waals surface area contributed by atoms with Crippen LogP contribution in [0.25, 0.3) is 22.2 Å². The first kappa shape index (κ1) is 20.9. The molecule has 4 aromatic rings. The number of nitrogens with zero attached hydrogens (tertiary/aromatic N) is 3. The predicted octanol–water partition coefficient (Wildman–Crippen LogP) is 4.50. The van der Waals surface area contributed by atoms with Crippen LogP contribution in [0.1, 0.15) is 41.8 Å². The first-order valence-corrected chi connectivity index (χ1v) is 11.7. The summed E-state index contributed by atoms with van der Waals surface area (Å²) in [7, 11) is 0. The highest BCUT2D eigenvalue weighted by molar-refractivity contribution is 6.29. The van der Waals surface area contributed by atoms with E-state index in [1.165, 1.54) is 0 Å². The van der Waals surface area contributed by atoms with Crippen LogP contribution in [-0.4, -0.2) is 42.5 Å². The molecule has 0 bridgehead atoms. The number of hydrogen-bond acceptors (Lipinski definition) is 4. The zero-order valence-electron chi connectivity index (χ0n) is 18.2. The smallest absolute Gasteiger partial charge is 0.404 e. The minimum atomic E-state index is -1.09. The van der Waals surface area contributed by atoms with Crippen molar-refractivity contribution < 1.29 is 14.7 Å². The highest BCUT2D eigenvalue weighted by Gasteiger charge is 2.41. The van der Waals surface area contributed by atoms with E-state index >= 15 is 0 Å². The molecule has 0 radical (unpaired) electrons. The monoisotopic (exact) mass is 475 g/mol. The number of imidazole rings is 1. The molecular formula is C25H22ClN5O3. The molecule has 0 saturated carbocycles.